The van der Waals surface area contributed by atoms with Gasteiger partial charge in [0.2, 0.25) is 0 Å². The number of aromatic nitrogens is 1. The number of aromatic carboxylic acids is 1. The van der Waals surface area contributed by atoms with Gasteiger partial charge in [0.15, 0.2) is 0 Å². The molecule has 1 aromatic carbocycles. The third kappa shape index (κ3) is 5.77. The summed E-state index contributed by atoms with van der Waals surface area (Å²) in [5.41, 5.74) is 0.914. The van der Waals surface area contributed by atoms with Crippen molar-refractivity contribution in [2.75, 3.05) is 32.1 Å². The summed E-state index contributed by atoms with van der Waals surface area (Å²) in [5.74, 6) is 0.0851. The summed E-state index contributed by atoms with van der Waals surface area (Å²) in [6.45, 7) is 7.59. The molecule has 2 aromatic rings. The Morgan fingerprint density at radius 2 is 1.97 bits per heavy atom. The first kappa shape index (κ1) is 22.7. The van der Waals surface area contributed by atoms with E-state index in [1.807, 2.05) is 26.8 Å². The predicted molar refractivity (Wildman–Crippen MR) is 119 cm³/mol. The van der Waals surface area contributed by atoms with Crippen LogP contribution in [0.2, 0.25) is 0 Å². The molecule has 0 bridgehead atoms. The van der Waals surface area contributed by atoms with Crippen molar-refractivity contribution in [2.24, 2.45) is 5.92 Å². The van der Waals surface area contributed by atoms with E-state index in [-0.39, 0.29) is 11.7 Å². The van der Waals surface area contributed by atoms with E-state index in [1.54, 1.807) is 24.1 Å². The highest BCUT2D eigenvalue weighted by atomic mass is 16.6. The summed E-state index contributed by atoms with van der Waals surface area (Å²) in [7, 11) is 1.58. The van der Waals surface area contributed by atoms with Crippen LogP contribution in [0.5, 0.6) is 5.75 Å². The van der Waals surface area contributed by atoms with Crippen LogP contribution < -0.4 is 10.1 Å². The van der Waals surface area contributed by atoms with Crippen LogP contribution in [-0.4, -0.2) is 59.4 Å². The third-order valence-corrected chi connectivity index (χ3v) is 5.43. The van der Waals surface area contributed by atoms with Gasteiger partial charge in [-0.15, -0.1) is 0 Å². The quantitative estimate of drug-likeness (QED) is 0.702. The number of nitrogens with zero attached hydrogens (tertiary/aromatic N) is 2. The van der Waals surface area contributed by atoms with Gasteiger partial charge >= 0.3 is 12.1 Å². The van der Waals surface area contributed by atoms with Crippen molar-refractivity contribution in [1.82, 2.24) is 9.88 Å². The summed E-state index contributed by atoms with van der Waals surface area (Å²) in [4.78, 5) is 30.0. The van der Waals surface area contributed by atoms with Crippen molar-refractivity contribution >= 4 is 28.7 Å². The molecule has 0 unspecified atom stereocenters. The van der Waals surface area contributed by atoms with Crippen LogP contribution in [0.15, 0.2) is 24.4 Å². The molecule has 2 heterocycles. The number of methoxy groups -OCH3 is 1. The van der Waals surface area contributed by atoms with Gasteiger partial charge in [-0.3, -0.25) is 4.98 Å². The average Bonchev–Trinajstić information content (AvgIpc) is 2.72. The standard InChI is InChI=1S/C23H31N3O5/c1-23(2,3)31-22(29)26-11-8-15(9-12-26)7-10-24-20-17-13-16(30-4)5-6-19(17)25-14-18(20)21(27)28/h5-6,13-15H,7-12H2,1-4H3,(H,24,25)(H,27,28). The Morgan fingerprint density at radius 1 is 1.26 bits per heavy atom. The van der Waals surface area contributed by atoms with E-state index < -0.39 is 11.6 Å². The summed E-state index contributed by atoms with van der Waals surface area (Å²) < 4.78 is 10.7. The molecule has 8 nitrogen and oxygen atoms in total. The molecule has 31 heavy (non-hydrogen) atoms. The maximum absolute atomic E-state index is 12.2. The van der Waals surface area contributed by atoms with Gasteiger partial charge in [0.25, 0.3) is 0 Å². The lowest BCUT2D eigenvalue weighted by atomic mass is 9.93. The van der Waals surface area contributed by atoms with Gasteiger partial charge in [-0.1, -0.05) is 0 Å². The molecule has 1 aromatic heterocycles. The number of pyridine rings is 1. The summed E-state index contributed by atoms with van der Waals surface area (Å²) in [5, 5.41) is 13.6. The SMILES string of the molecule is COc1ccc2ncc(C(=O)O)c(NCCC3CCN(C(=O)OC(C)(C)C)CC3)c2c1. The molecule has 1 amide bonds. The molecule has 0 atom stereocenters. The van der Waals surface area contributed by atoms with E-state index in [0.717, 1.165) is 24.6 Å². The molecule has 2 N–H and O–H groups in total. The number of amides is 1. The molecule has 0 spiro atoms. The van der Waals surface area contributed by atoms with Crippen LogP contribution >= 0.6 is 0 Å². The fourth-order valence-corrected chi connectivity index (χ4v) is 3.78. The number of anilines is 1. The molecule has 1 saturated heterocycles. The van der Waals surface area contributed by atoms with E-state index in [9.17, 15) is 14.7 Å². The second-order valence-corrected chi connectivity index (χ2v) is 8.86. The Bertz CT molecular complexity index is 946. The predicted octanol–water partition coefficient (Wildman–Crippen LogP) is 4.39. The number of carboxylic acids is 1. The average molecular weight is 430 g/mol. The minimum atomic E-state index is -1.02. The molecule has 8 heteroatoms. The summed E-state index contributed by atoms with van der Waals surface area (Å²) in [6, 6.07) is 5.42. The van der Waals surface area contributed by atoms with E-state index in [0.29, 0.717) is 42.5 Å². The fraction of sp³-hybridized carbons (Fsp3) is 0.522. The number of benzene rings is 1. The van der Waals surface area contributed by atoms with Crippen molar-refractivity contribution in [3.8, 4) is 5.75 Å². The molecule has 3 rings (SSSR count). The molecular weight excluding hydrogens is 398 g/mol. The first-order valence-corrected chi connectivity index (χ1v) is 10.6. The number of hydrogen-bond donors (Lipinski definition) is 2. The molecular formula is C23H31N3O5. The van der Waals surface area contributed by atoms with E-state index in [1.165, 1.54) is 6.20 Å². The zero-order valence-electron chi connectivity index (χ0n) is 18.6. The first-order chi connectivity index (χ1) is 14.7. The minimum Gasteiger partial charge on any atom is -0.497 e. The van der Waals surface area contributed by atoms with Crippen molar-refractivity contribution in [3.63, 3.8) is 0 Å². The number of carbonyl (C=O) groups excluding carboxylic acids is 1. The Hall–Kier alpha value is -3.03. The van der Waals surface area contributed by atoms with Gasteiger partial charge in [-0.05, 0) is 64.2 Å². The number of hydrogen-bond acceptors (Lipinski definition) is 6. The lowest BCUT2D eigenvalue weighted by Crippen LogP contribution is -2.41. The third-order valence-electron chi connectivity index (χ3n) is 5.43. The van der Waals surface area contributed by atoms with Crippen LogP contribution in [0.3, 0.4) is 0 Å². The van der Waals surface area contributed by atoms with E-state index >= 15 is 0 Å². The Morgan fingerprint density at radius 3 is 2.58 bits per heavy atom. The number of rotatable bonds is 6. The van der Waals surface area contributed by atoms with Crippen LogP contribution in [0.25, 0.3) is 10.9 Å². The summed E-state index contributed by atoms with van der Waals surface area (Å²) >= 11 is 0. The molecule has 1 fully saturated rings. The van der Waals surface area contributed by atoms with Gasteiger partial charge in [0, 0.05) is 31.2 Å². The topological polar surface area (TPSA) is 101 Å². The second kappa shape index (κ2) is 9.41. The number of nitrogens with one attached hydrogen (secondary N) is 1. The van der Waals surface area contributed by atoms with Crippen LogP contribution in [0, 0.1) is 5.92 Å². The van der Waals surface area contributed by atoms with E-state index in [2.05, 4.69) is 10.3 Å². The number of carbonyl (C=O) groups is 2. The van der Waals surface area contributed by atoms with Crippen molar-refractivity contribution in [1.29, 1.82) is 0 Å². The molecule has 0 saturated carbocycles. The number of piperidine rings is 1. The molecule has 1 aliphatic heterocycles. The molecule has 0 radical (unpaired) electrons. The molecule has 168 valence electrons. The normalized spacial score (nSPS) is 15.0. The fourth-order valence-electron chi connectivity index (χ4n) is 3.78. The van der Waals surface area contributed by atoms with Crippen LogP contribution in [-0.2, 0) is 4.74 Å². The Balaban J connectivity index is 1.61. The largest absolute Gasteiger partial charge is 0.497 e. The van der Waals surface area contributed by atoms with Crippen molar-refractivity contribution < 1.29 is 24.2 Å². The zero-order valence-corrected chi connectivity index (χ0v) is 18.6. The molecule has 0 aliphatic carbocycles. The Kier molecular flexibility index (Phi) is 6.87. The van der Waals surface area contributed by atoms with Gasteiger partial charge in [0.05, 0.1) is 18.3 Å². The Labute approximate surface area is 182 Å². The highest BCUT2D eigenvalue weighted by Crippen LogP contribution is 2.30. The van der Waals surface area contributed by atoms with Crippen LogP contribution in [0.1, 0.15) is 50.4 Å². The second-order valence-electron chi connectivity index (χ2n) is 8.86. The van der Waals surface area contributed by atoms with Gasteiger partial charge in [-0.2, -0.15) is 0 Å². The lowest BCUT2D eigenvalue weighted by molar-refractivity contribution is 0.0182. The number of fused-ring (bicyclic) bond motifs is 1. The maximum atomic E-state index is 12.2. The van der Waals surface area contributed by atoms with Gasteiger partial charge in [0.1, 0.15) is 16.9 Å². The number of carboxylic acid groups (broad SMARTS) is 1. The smallest absolute Gasteiger partial charge is 0.410 e. The molecule has 1 aliphatic rings. The van der Waals surface area contributed by atoms with Gasteiger partial charge < -0.3 is 24.8 Å². The van der Waals surface area contributed by atoms with Crippen molar-refractivity contribution in [2.45, 2.75) is 45.6 Å². The summed E-state index contributed by atoms with van der Waals surface area (Å²) in [6.07, 6.45) is 3.82. The van der Waals surface area contributed by atoms with Gasteiger partial charge in [-0.25, -0.2) is 9.59 Å². The number of likely N-dealkylation sites (tertiary alicyclic amines) is 1. The number of ether oxygens (including phenoxy) is 2. The van der Waals surface area contributed by atoms with Crippen molar-refractivity contribution in [3.05, 3.63) is 30.0 Å². The van der Waals surface area contributed by atoms with E-state index in [4.69, 9.17) is 9.47 Å². The van der Waals surface area contributed by atoms with Crippen LogP contribution in [0.4, 0.5) is 10.5 Å². The zero-order chi connectivity index (χ0) is 22.6. The maximum Gasteiger partial charge on any atom is 0.410 e. The minimum absolute atomic E-state index is 0.139. The highest BCUT2D eigenvalue weighted by Gasteiger charge is 2.26. The highest BCUT2D eigenvalue weighted by molar-refractivity contribution is 6.04. The monoisotopic (exact) mass is 429 g/mol. The first-order valence-electron chi connectivity index (χ1n) is 10.6. The lowest BCUT2D eigenvalue weighted by Gasteiger charge is -2.33.